The zero-order valence-electron chi connectivity index (χ0n) is 8.87. The normalized spacial score (nSPS) is 24.2. The van der Waals surface area contributed by atoms with Crippen molar-refractivity contribution in [2.24, 2.45) is 0 Å². The number of aromatic amines is 1. The van der Waals surface area contributed by atoms with Crippen molar-refractivity contribution in [1.29, 1.82) is 0 Å². The Kier molecular flexibility index (Phi) is 2.25. The molecule has 7 nitrogen and oxygen atoms in total. The third kappa shape index (κ3) is 1.55. The van der Waals surface area contributed by atoms with Crippen LogP contribution < -0.4 is 5.56 Å². The van der Waals surface area contributed by atoms with Gasteiger partial charge in [-0.3, -0.25) is 9.36 Å². The molecule has 1 fully saturated rings. The smallest absolute Gasteiger partial charge is 0.278 e. The van der Waals surface area contributed by atoms with E-state index in [0.29, 0.717) is 18.5 Å². The number of hydrogen-bond acceptors (Lipinski definition) is 5. The van der Waals surface area contributed by atoms with Crippen LogP contribution in [0.15, 0.2) is 17.4 Å². The number of nitrogens with one attached hydrogen (secondary N) is 1. The van der Waals surface area contributed by atoms with Gasteiger partial charge in [-0.15, -0.1) is 0 Å². The highest BCUT2D eigenvalue weighted by molar-refractivity contribution is 5.68. The van der Waals surface area contributed by atoms with Gasteiger partial charge in [0.1, 0.15) is 18.6 Å². The predicted octanol–water partition coefficient (Wildman–Crippen LogP) is -0.00390. The SMILES string of the molecule is O=CC1CCC(n2cnc3c(=O)[nH]cnc32)O1. The van der Waals surface area contributed by atoms with Crippen LogP contribution in [-0.2, 0) is 9.53 Å². The molecule has 0 radical (unpaired) electrons. The van der Waals surface area contributed by atoms with E-state index in [1.165, 1.54) is 12.7 Å². The summed E-state index contributed by atoms with van der Waals surface area (Å²) >= 11 is 0. The predicted molar refractivity (Wildman–Crippen MR) is 57.4 cm³/mol. The first-order valence-electron chi connectivity index (χ1n) is 5.30. The summed E-state index contributed by atoms with van der Waals surface area (Å²) in [5.74, 6) is 0. The fraction of sp³-hybridized carbons (Fsp3) is 0.400. The van der Waals surface area contributed by atoms with Crippen LogP contribution in [-0.4, -0.2) is 31.9 Å². The van der Waals surface area contributed by atoms with E-state index in [1.54, 1.807) is 4.57 Å². The number of carbonyl (C=O) groups is 1. The van der Waals surface area contributed by atoms with E-state index in [1.807, 2.05) is 0 Å². The average molecular weight is 234 g/mol. The van der Waals surface area contributed by atoms with Crippen molar-refractivity contribution in [3.63, 3.8) is 0 Å². The maximum atomic E-state index is 11.5. The standard InChI is InChI=1S/C10H10N4O3/c15-3-6-1-2-7(17-6)14-5-13-8-9(14)11-4-12-10(8)16/h3-7H,1-2H2,(H,11,12,16). The summed E-state index contributed by atoms with van der Waals surface area (Å²) in [4.78, 5) is 32.6. The van der Waals surface area contributed by atoms with Crippen molar-refractivity contribution in [2.45, 2.75) is 25.2 Å². The third-order valence-electron chi connectivity index (χ3n) is 2.86. The van der Waals surface area contributed by atoms with Crippen molar-refractivity contribution in [1.82, 2.24) is 19.5 Å². The number of nitrogens with zero attached hydrogens (tertiary/aromatic N) is 3. The maximum Gasteiger partial charge on any atom is 0.278 e. The van der Waals surface area contributed by atoms with Crippen molar-refractivity contribution < 1.29 is 9.53 Å². The molecule has 2 aromatic heterocycles. The van der Waals surface area contributed by atoms with Gasteiger partial charge in [0.2, 0.25) is 0 Å². The number of aromatic nitrogens is 4. The van der Waals surface area contributed by atoms with E-state index in [-0.39, 0.29) is 23.4 Å². The molecule has 2 aromatic rings. The topological polar surface area (TPSA) is 89.9 Å². The number of carbonyl (C=O) groups excluding carboxylic acids is 1. The molecular formula is C10H10N4O3. The number of rotatable bonds is 2. The summed E-state index contributed by atoms with van der Waals surface area (Å²) in [6.07, 6.45) is 4.38. The molecule has 88 valence electrons. The lowest BCUT2D eigenvalue weighted by Gasteiger charge is -2.12. The Morgan fingerprint density at radius 1 is 1.47 bits per heavy atom. The molecular weight excluding hydrogens is 224 g/mol. The molecule has 0 spiro atoms. The molecule has 7 heteroatoms. The van der Waals surface area contributed by atoms with Crippen molar-refractivity contribution >= 4 is 17.5 Å². The van der Waals surface area contributed by atoms with E-state index in [4.69, 9.17) is 4.74 Å². The van der Waals surface area contributed by atoms with Crippen LogP contribution in [0.4, 0.5) is 0 Å². The fourth-order valence-electron chi connectivity index (χ4n) is 2.02. The van der Waals surface area contributed by atoms with E-state index < -0.39 is 0 Å². The Morgan fingerprint density at radius 2 is 2.35 bits per heavy atom. The minimum atomic E-state index is -0.376. The van der Waals surface area contributed by atoms with Crippen LogP contribution >= 0.6 is 0 Å². The van der Waals surface area contributed by atoms with Gasteiger partial charge < -0.3 is 14.5 Å². The molecule has 0 saturated carbocycles. The molecule has 2 atom stereocenters. The Labute approximate surface area is 95.4 Å². The number of ether oxygens (including phenoxy) is 1. The Hall–Kier alpha value is -2.02. The molecule has 0 bridgehead atoms. The van der Waals surface area contributed by atoms with Crippen LogP contribution in [0.2, 0.25) is 0 Å². The monoisotopic (exact) mass is 234 g/mol. The number of H-pyrrole nitrogens is 1. The van der Waals surface area contributed by atoms with E-state index in [2.05, 4.69) is 15.0 Å². The summed E-state index contributed by atoms with van der Waals surface area (Å²) in [5, 5.41) is 0. The number of imidazole rings is 1. The molecule has 1 aliphatic rings. The van der Waals surface area contributed by atoms with Crippen LogP contribution in [0.5, 0.6) is 0 Å². The molecule has 0 aliphatic carbocycles. The second-order valence-corrected chi connectivity index (χ2v) is 3.90. The Bertz CT molecular complexity index is 617. The zero-order chi connectivity index (χ0) is 11.8. The van der Waals surface area contributed by atoms with Gasteiger partial charge in [0.25, 0.3) is 5.56 Å². The highest BCUT2D eigenvalue weighted by atomic mass is 16.5. The highest BCUT2D eigenvalue weighted by Crippen LogP contribution is 2.28. The molecule has 0 aromatic carbocycles. The molecule has 0 amide bonds. The summed E-state index contributed by atoms with van der Waals surface area (Å²) in [5.41, 5.74) is 0.481. The quantitative estimate of drug-likeness (QED) is 0.738. The van der Waals surface area contributed by atoms with Gasteiger partial charge in [-0.25, -0.2) is 9.97 Å². The molecule has 1 saturated heterocycles. The van der Waals surface area contributed by atoms with Gasteiger partial charge in [-0.2, -0.15) is 0 Å². The lowest BCUT2D eigenvalue weighted by molar-refractivity contribution is -0.119. The second kappa shape index (κ2) is 3.77. The fourth-order valence-corrected chi connectivity index (χ4v) is 2.02. The van der Waals surface area contributed by atoms with Gasteiger partial charge in [0.15, 0.2) is 11.2 Å². The van der Waals surface area contributed by atoms with Gasteiger partial charge >= 0.3 is 0 Å². The first-order chi connectivity index (χ1) is 8.29. The van der Waals surface area contributed by atoms with Gasteiger partial charge in [0.05, 0.1) is 12.7 Å². The summed E-state index contributed by atoms with van der Waals surface area (Å²) in [6.45, 7) is 0. The van der Waals surface area contributed by atoms with Gasteiger partial charge in [-0.05, 0) is 12.8 Å². The van der Waals surface area contributed by atoms with Gasteiger partial charge in [-0.1, -0.05) is 0 Å². The van der Waals surface area contributed by atoms with Crippen LogP contribution in [0.3, 0.4) is 0 Å². The van der Waals surface area contributed by atoms with Crippen LogP contribution in [0, 0.1) is 0 Å². The van der Waals surface area contributed by atoms with E-state index >= 15 is 0 Å². The highest BCUT2D eigenvalue weighted by Gasteiger charge is 2.27. The maximum absolute atomic E-state index is 11.5. The van der Waals surface area contributed by atoms with Gasteiger partial charge in [0, 0.05) is 0 Å². The van der Waals surface area contributed by atoms with E-state index in [9.17, 15) is 9.59 Å². The van der Waals surface area contributed by atoms with Crippen LogP contribution in [0.1, 0.15) is 19.1 Å². The third-order valence-corrected chi connectivity index (χ3v) is 2.86. The average Bonchev–Trinajstić information content (AvgIpc) is 2.94. The summed E-state index contributed by atoms with van der Waals surface area (Å²) in [7, 11) is 0. The Morgan fingerprint density at radius 3 is 3.12 bits per heavy atom. The number of hydrogen-bond donors (Lipinski definition) is 1. The summed E-state index contributed by atoms with van der Waals surface area (Å²) in [6, 6.07) is 0. The first kappa shape index (κ1) is 10.2. The summed E-state index contributed by atoms with van der Waals surface area (Å²) < 4.78 is 7.19. The first-order valence-corrected chi connectivity index (χ1v) is 5.30. The molecule has 3 rings (SSSR count). The molecule has 1 N–H and O–H groups in total. The molecule has 2 unspecified atom stereocenters. The van der Waals surface area contributed by atoms with E-state index in [0.717, 1.165) is 6.29 Å². The number of fused-ring (bicyclic) bond motifs is 1. The molecule has 3 heterocycles. The van der Waals surface area contributed by atoms with Crippen LogP contribution in [0.25, 0.3) is 11.2 Å². The lowest BCUT2D eigenvalue weighted by Crippen LogP contribution is -2.13. The van der Waals surface area contributed by atoms with Crippen molar-refractivity contribution in [3.8, 4) is 0 Å². The lowest BCUT2D eigenvalue weighted by atomic mass is 10.2. The largest absolute Gasteiger partial charge is 0.347 e. The molecule has 17 heavy (non-hydrogen) atoms. The zero-order valence-corrected chi connectivity index (χ0v) is 8.87. The number of aldehydes is 1. The Balaban J connectivity index is 2.04. The minimum absolute atomic E-state index is 0.274. The minimum Gasteiger partial charge on any atom is -0.347 e. The van der Waals surface area contributed by atoms with Crippen molar-refractivity contribution in [3.05, 3.63) is 23.0 Å². The second-order valence-electron chi connectivity index (χ2n) is 3.90. The molecule has 1 aliphatic heterocycles. The van der Waals surface area contributed by atoms with Crippen molar-refractivity contribution in [2.75, 3.05) is 0 Å².